The Bertz CT molecular complexity index is 755. The van der Waals surface area contributed by atoms with Crippen molar-refractivity contribution in [1.82, 2.24) is 15.1 Å². The Balaban J connectivity index is 2.05. The number of hydrogen-bond acceptors (Lipinski definition) is 4. The van der Waals surface area contributed by atoms with E-state index >= 15 is 0 Å². The first-order valence-corrected chi connectivity index (χ1v) is 7.62. The van der Waals surface area contributed by atoms with E-state index in [2.05, 4.69) is 17.1 Å². The number of H-pyrrole nitrogens is 1. The van der Waals surface area contributed by atoms with E-state index in [1.807, 2.05) is 0 Å². The number of likely N-dealkylation sites (tertiary alicyclic amines) is 1. The van der Waals surface area contributed by atoms with Gasteiger partial charge in [0.2, 0.25) is 0 Å². The summed E-state index contributed by atoms with van der Waals surface area (Å²) >= 11 is 0. The molecular formula is C16H20N4O2. The SMILES string of the molecule is C[C@@H]1CCCN(C(=O)c2n[nH]c(=O)c3ccccc23)[C@@H]1CN. The Morgan fingerprint density at radius 2 is 2.14 bits per heavy atom. The van der Waals surface area contributed by atoms with Gasteiger partial charge < -0.3 is 10.6 Å². The molecule has 116 valence electrons. The van der Waals surface area contributed by atoms with Crippen molar-refractivity contribution in [2.75, 3.05) is 13.1 Å². The molecule has 3 N–H and O–H groups in total. The molecule has 0 saturated carbocycles. The largest absolute Gasteiger partial charge is 0.333 e. The number of hydrogen-bond donors (Lipinski definition) is 2. The number of benzene rings is 1. The van der Waals surface area contributed by atoms with Gasteiger partial charge in [0.05, 0.1) is 5.39 Å². The number of nitrogens with two attached hydrogens (primary N) is 1. The third kappa shape index (κ3) is 2.39. The number of piperidine rings is 1. The second kappa shape index (κ2) is 5.88. The van der Waals surface area contributed by atoms with E-state index < -0.39 is 0 Å². The van der Waals surface area contributed by atoms with Crippen molar-refractivity contribution in [3.8, 4) is 0 Å². The molecule has 1 saturated heterocycles. The van der Waals surface area contributed by atoms with Crippen LogP contribution in [0.3, 0.4) is 0 Å². The normalized spacial score (nSPS) is 22.0. The summed E-state index contributed by atoms with van der Waals surface area (Å²) < 4.78 is 0. The van der Waals surface area contributed by atoms with Crippen molar-refractivity contribution in [3.63, 3.8) is 0 Å². The predicted octanol–water partition coefficient (Wildman–Crippen LogP) is 1.12. The molecule has 0 spiro atoms. The quantitative estimate of drug-likeness (QED) is 0.869. The smallest absolute Gasteiger partial charge is 0.275 e. The predicted molar refractivity (Wildman–Crippen MR) is 84.6 cm³/mol. The Morgan fingerprint density at radius 1 is 1.41 bits per heavy atom. The van der Waals surface area contributed by atoms with Crippen LogP contribution in [0.1, 0.15) is 30.3 Å². The summed E-state index contributed by atoms with van der Waals surface area (Å²) in [6, 6.07) is 7.06. The summed E-state index contributed by atoms with van der Waals surface area (Å²) in [5, 5.41) is 7.50. The van der Waals surface area contributed by atoms with Gasteiger partial charge in [-0.2, -0.15) is 5.10 Å². The van der Waals surface area contributed by atoms with Crippen LogP contribution in [-0.4, -0.2) is 40.1 Å². The first-order valence-electron chi connectivity index (χ1n) is 7.62. The minimum absolute atomic E-state index is 0.0220. The highest BCUT2D eigenvalue weighted by Gasteiger charge is 2.32. The van der Waals surface area contributed by atoms with Gasteiger partial charge >= 0.3 is 0 Å². The van der Waals surface area contributed by atoms with Gasteiger partial charge in [-0.25, -0.2) is 5.10 Å². The van der Waals surface area contributed by atoms with Crippen molar-refractivity contribution >= 4 is 16.7 Å². The van der Waals surface area contributed by atoms with Gasteiger partial charge in [0.25, 0.3) is 11.5 Å². The van der Waals surface area contributed by atoms with Gasteiger partial charge in [-0.05, 0) is 24.8 Å². The molecule has 1 aliphatic heterocycles. The third-order valence-electron chi connectivity index (χ3n) is 4.52. The summed E-state index contributed by atoms with van der Waals surface area (Å²) in [6.45, 7) is 3.24. The molecule has 2 aromatic rings. The molecule has 3 rings (SSSR count). The zero-order valence-electron chi connectivity index (χ0n) is 12.6. The zero-order chi connectivity index (χ0) is 15.7. The van der Waals surface area contributed by atoms with Gasteiger partial charge in [0, 0.05) is 24.5 Å². The van der Waals surface area contributed by atoms with E-state index in [1.165, 1.54) is 0 Å². The van der Waals surface area contributed by atoms with Crippen LogP contribution in [0.5, 0.6) is 0 Å². The number of aromatic nitrogens is 2. The summed E-state index contributed by atoms with van der Waals surface area (Å²) in [5.41, 5.74) is 5.88. The van der Waals surface area contributed by atoms with Crippen molar-refractivity contribution in [3.05, 3.63) is 40.3 Å². The molecular weight excluding hydrogens is 280 g/mol. The molecule has 1 fully saturated rings. The van der Waals surface area contributed by atoms with Crippen LogP contribution in [0, 0.1) is 5.92 Å². The molecule has 22 heavy (non-hydrogen) atoms. The van der Waals surface area contributed by atoms with E-state index in [0.29, 0.717) is 35.5 Å². The lowest BCUT2D eigenvalue weighted by molar-refractivity contribution is 0.0527. The Kier molecular flexibility index (Phi) is 3.94. The molecule has 1 amide bonds. The maximum Gasteiger partial charge on any atom is 0.275 e. The first-order chi connectivity index (χ1) is 10.6. The average molecular weight is 300 g/mol. The van der Waals surface area contributed by atoms with Crippen molar-refractivity contribution < 1.29 is 4.79 Å². The van der Waals surface area contributed by atoms with Crippen LogP contribution in [0.4, 0.5) is 0 Å². The minimum Gasteiger partial charge on any atom is -0.333 e. The van der Waals surface area contributed by atoms with Crippen LogP contribution in [0.15, 0.2) is 29.1 Å². The van der Waals surface area contributed by atoms with Crippen LogP contribution < -0.4 is 11.3 Å². The molecule has 2 heterocycles. The number of aromatic amines is 1. The van der Waals surface area contributed by atoms with Crippen LogP contribution in [-0.2, 0) is 0 Å². The van der Waals surface area contributed by atoms with E-state index in [9.17, 15) is 9.59 Å². The Hall–Kier alpha value is -2.21. The maximum atomic E-state index is 12.9. The lowest BCUT2D eigenvalue weighted by Gasteiger charge is -2.39. The van der Waals surface area contributed by atoms with Gasteiger partial charge in [-0.3, -0.25) is 9.59 Å². The molecule has 1 aliphatic rings. The fourth-order valence-electron chi connectivity index (χ4n) is 3.27. The highest BCUT2D eigenvalue weighted by Crippen LogP contribution is 2.25. The van der Waals surface area contributed by atoms with Crippen LogP contribution in [0.25, 0.3) is 10.8 Å². The molecule has 1 aromatic carbocycles. The Labute approximate surface area is 128 Å². The summed E-state index contributed by atoms with van der Waals surface area (Å²) in [7, 11) is 0. The topological polar surface area (TPSA) is 92.1 Å². The molecule has 6 heteroatoms. The van der Waals surface area contributed by atoms with Crippen molar-refractivity contribution in [2.24, 2.45) is 11.7 Å². The van der Waals surface area contributed by atoms with Crippen LogP contribution in [0.2, 0.25) is 0 Å². The number of amides is 1. The number of carbonyl (C=O) groups is 1. The van der Waals surface area contributed by atoms with E-state index in [4.69, 9.17) is 5.73 Å². The molecule has 0 bridgehead atoms. The fraction of sp³-hybridized carbons (Fsp3) is 0.438. The second-order valence-electron chi connectivity index (χ2n) is 5.87. The Morgan fingerprint density at radius 3 is 2.86 bits per heavy atom. The van der Waals surface area contributed by atoms with Gasteiger partial charge in [0.1, 0.15) is 0 Å². The zero-order valence-corrected chi connectivity index (χ0v) is 12.6. The summed E-state index contributed by atoms with van der Waals surface area (Å²) in [5.74, 6) is 0.214. The first kappa shape index (κ1) is 14.7. The second-order valence-corrected chi connectivity index (χ2v) is 5.87. The fourth-order valence-corrected chi connectivity index (χ4v) is 3.27. The molecule has 2 atom stereocenters. The number of fused-ring (bicyclic) bond motifs is 1. The van der Waals surface area contributed by atoms with Gasteiger partial charge in [-0.15, -0.1) is 0 Å². The highest BCUT2D eigenvalue weighted by molar-refractivity contribution is 6.04. The van der Waals surface area contributed by atoms with Gasteiger partial charge in [-0.1, -0.05) is 25.1 Å². The monoisotopic (exact) mass is 300 g/mol. The molecule has 0 unspecified atom stereocenters. The van der Waals surface area contributed by atoms with Crippen molar-refractivity contribution in [2.45, 2.75) is 25.8 Å². The standard InChI is InChI=1S/C16H20N4O2/c1-10-5-4-8-20(13(10)9-17)16(22)14-11-6-2-3-7-12(11)15(21)19-18-14/h2-3,6-7,10,13H,4-5,8-9,17H2,1H3,(H,19,21)/t10-,13-/m1/s1. The molecule has 0 radical (unpaired) electrons. The third-order valence-corrected chi connectivity index (χ3v) is 4.52. The molecule has 6 nitrogen and oxygen atoms in total. The van der Waals surface area contributed by atoms with Gasteiger partial charge in [0.15, 0.2) is 5.69 Å². The summed E-state index contributed by atoms with van der Waals surface area (Å²) in [4.78, 5) is 26.6. The van der Waals surface area contributed by atoms with Crippen LogP contribution >= 0.6 is 0 Å². The number of nitrogens with zero attached hydrogens (tertiary/aromatic N) is 2. The minimum atomic E-state index is -0.283. The van der Waals surface area contributed by atoms with Crippen molar-refractivity contribution in [1.29, 1.82) is 0 Å². The van der Waals surface area contributed by atoms with E-state index in [-0.39, 0.29) is 17.5 Å². The molecule has 0 aliphatic carbocycles. The average Bonchev–Trinajstić information content (AvgIpc) is 2.54. The summed E-state index contributed by atoms with van der Waals surface area (Å²) in [6.07, 6.45) is 2.04. The lowest BCUT2D eigenvalue weighted by atomic mass is 9.90. The lowest BCUT2D eigenvalue weighted by Crippen LogP contribution is -2.51. The maximum absolute atomic E-state index is 12.9. The number of nitrogens with one attached hydrogen (secondary N) is 1. The number of carbonyl (C=O) groups excluding carboxylic acids is 1. The number of rotatable bonds is 2. The highest BCUT2D eigenvalue weighted by atomic mass is 16.2. The van der Waals surface area contributed by atoms with E-state index in [1.54, 1.807) is 29.2 Å². The van der Waals surface area contributed by atoms with E-state index in [0.717, 1.165) is 12.8 Å². The molecule has 1 aromatic heterocycles.